The van der Waals surface area contributed by atoms with Gasteiger partial charge in [-0.15, -0.1) is 0 Å². The first-order valence-corrected chi connectivity index (χ1v) is 1.35. The summed E-state index contributed by atoms with van der Waals surface area (Å²) in [4.78, 5) is 3.26. The molecule has 6 heavy (non-hydrogen) atoms. The van der Waals surface area contributed by atoms with Crippen LogP contribution < -0.4 is 0 Å². The van der Waals surface area contributed by atoms with Crippen molar-refractivity contribution in [3.8, 4) is 24.7 Å². The molecule has 0 N–H and O–H groups in total. The Bertz CT molecular complexity index is 107. The Kier molecular flexibility index (Phi) is 3.31. The molecule has 0 spiro atoms. The van der Waals surface area contributed by atoms with E-state index >= 15 is 0 Å². The molecule has 0 unspecified atom stereocenters. The van der Waals surface area contributed by atoms with Crippen LogP contribution in [-0.2, 0) is 0 Å². The predicted octanol–water partition coefficient (Wildman–Crippen LogP) is 0.0556. The summed E-state index contributed by atoms with van der Waals surface area (Å²) < 4.78 is 0. The SMILES string of the molecule is C#C/B=N/C#C. The van der Waals surface area contributed by atoms with Gasteiger partial charge >= 0.3 is 36.7 Å². The van der Waals surface area contributed by atoms with E-state index in [0.29, 0.717) is 0 Å². The fourth-order valence-corrected chi connectivity index (χ4v) is 0.0745. The molecule has 0 heterocycles. The van der Waals surface area contributed by atoms with Gasteiger partial charge in [0.25, 0.3) is 0 Å². The van der Waals surface area contributed by atoms with Crippen LogP contribution in [0.2, 0.25) is 0 Å². The Morgan fingerprint density at radius 2 is 2.17 bits per heavy atom. The summed E-state index contributed by atoms with van der Waals surface area (Å²) >= 11 is 0. The normalized spacial score (nSPS) is 5.67. The molecule has 0 bridgehead atoms. The van der Waals surface area contributed by atoms with E-state index in [1.165, 1.54) is 7.07 Å². The zero-order valence-corrected chi connectivity index (χ0v) is 3.18. The Morgan fingerprint density at radius 3 is 2.33 bits per heavy atom. The van der Waals surface area contributed by atoms with Crippen LogP contribution in [0.15, 0.2) is 4.90 Å². The van der Waals surface area contributed by atoms with Crippen LogP contribution in [0, 0.1) is 24.7 Å². The van der Waals surface area contributed by atoms with Gasteiger partial charge in [-0.3, -0.25) is 0 Å². The molecule has 0 aromatic heterocycles. The molecule has 0 amide bonds. The fraction of sp³-hybridized carbons (Fsp3) is 0. The number of hydrogen-bond acceptors (Lipinski definition) is 1. The van der Waals surface area contributed by atoms with Gasteiger partial charge in [0.15, 0.2) is 0 Å². The third kappa shape index (κ3) is 2.98. The molecule has 0 aromatic rings. The molecular formula is C4H2BN. The summed E-state index contributed by atoms with van der Waals surface area (Å²) in [6, 6.07) is 2.00. The van der Waals surface area contributed by atoms with Crippen LogP contribution in [-0.4, -0.2) is 7.07 Å². The first-order chi connectivity index (χ1) is 2.91. The van der Waals surface area contributed by atoms with E-state index < -0.39 is 0 Å². The van der Waals surface area contributed by atoms with Gasteiger partial charge in [-0.25, -0.2) is 0 Å². The van der Waals surface area contributed by atoms with Crippen molar-refractivity contribution in [3.63, 3.8) is 0 Å². The van der Waals surface area contributed by atoms with Gasteiger partial charge in [-0.1, -0.05) is 0 Å². The minimum atomic E-state index is 1.22. The monoisotopic (exact) mass is 75.0 g/mol. The van der Waals surface area contributed by atoms with Crippen molar-refractivity contribution in [2.75, 3.05) is 0 Å². The molecule has 0 aliphatic rings. The number of nitrogens with zero attached hydrogens (tertiary/aromatic N) is 1. The summed E-state index contributed by atoms with van der Waals surface area (Å²) in [5.41, 5.74) is 0. The standard InChI is InChI=1S/C4H2BN/c1-3-5-6-4-2/h1-2H. The van der Waals surface area contributed by atoms with Gasteiger partial charge < -0.3 is 0 Å². The van der Waals surface area contributed by atoms with Gasteiger partial charge in [0, 0.05) is 0 Å². The predicted molar refractivity (Wildman–Crippen MR) is 25.8 cm³/mol. The fourth-order valence-electron chi connectivity index (χ4n) is 0.0745. The Morgan fingerprint density at radius 1 is 1.50 bits per heavy atom. The van der Waals surface area contributed by atoms with Crippen molar-refractivity contribution >= 4 is 7.07 Å². The third-order valence-corrected chi connectivity index (χ3v) is 0.214. The third-order valence-electron chi connectivity index (χ3n) is 0.214. The quantitative estimate of drug-likeness (QED) is 0.285. The van der Waals surface area contributed by atoms with Crippen LogP contribution >= 0.6 is 0 Å². The molecule has 0 aliphatic carbocycles. The van der Waals surface area contributed by atoms with Crippen molar-refractivity contribution < 1.29 is 0 Å². The maximum atomic E-state index is 4.72. The van der Waals surface area contributed by atoms with E-state index in [1.807, 2.05) is 6.04 Å². The van der Waals surface area contributed by atoms with Crippen molar-refractivity contribution in [2.45, 2.75) is 0 Å². The molecule has 0 aliphatic heterocycles. The Balaban J connectivity index is 3.36. The van der Waals surface area contributed by atoms with Crippen LogP contribution in [0.1, 0.15) is 0 Å². The van der Waals surface area contributed by atoms with Crippen LogP contribution in [0.4, 0.5) is 0 Å². The molecule has 0 saturated heterocycles. The molecule has 0 rings (SSSR count). The summed E-state index contributed by atoms with van der Waals surface area (Å²) in [6.45, 7) is 0. The minimum absolute atomic E-state index is 1.22. The number of hydrogen-bond donors (Lipinski definition) is 0. The molecule has 1 nitrogen and oxygen atoms in total. The maximum absolute atomic E-state index is 4.72. The first kappa shape index (κ1) is 4.98. The Hall–Kier alpha value is -1.02. The molecule has 0 fully saturated rings. The van der Waals surface area contributed by atoms with Gasteiger partial charge in [0.2, 0.25) is 0 Å². The molecule has 0 saturated carbocycles. The van der Waals surface area contributed by atoms with Gasteiger partial charge in [0.1, 0.15) is 0 Å². The second-order valence-electron chi connectivity index (χ2n) is 0.554. The molecule has 0 atom stereocenters. The van der Waals surface area contributed by atoms with Crippen LogP contribution in [0.5, 0.6) is 0 Å². The van der Waals surface area contributed by atoms with Crippen molar-refractivity contribution in [3.05, 3.63) is 0 Å². The van der Waals surface area contributed by atoms with Gasteiger partial charge in [-0.2, -0.15) is 0 Å². The molecule has 26 valence electrons. The summed E-state index contributed by atoms with van der Waals surface area (Å²) in [5, 5.41) is 0. The van der Waals surface area contributed by atoms with E-state index in [4.69, 9.17) is 6.42 Å². The van der Waals surface area contributed by atoms with Gasteiger partial charge in [0.05, 0.1) is 0 Å². The van der Waals surface area contributed by atoms with Crippen molar-refractivity contribution in [1.82, 2.24) is 0 Å². The number of terminal acetylenes is 2. The molecule has 2 heteroatoms. The van der Waals surface area contributed by atoms with E-state index in [1.54, 1.807) is 0 Å². The Labute approximate surface area is 37.7 Å². The first-order valence-electron chi connectivity index (χ1n) is 1.35. The molecule has 0 radical (unpaired) electrons. The van der Waals surface area contributed by atoms with E-state index in [2.05, 4.69) is 17.1 Å². The van der Waals surface area contributed by atoms with Gasteiger partial charge in [-0.05, 0) is 0 Å². The van der Waals surface area contributed by atoms with E-state index in [-0.39, 0.29) is 0 Å². The summed E-state index contributed by atoms with van der Waals surface area (Å²) in [6.07, 6.45) is 9.39. The zero-order chi connectivity index (χ0) is 4.83. The van der Waals surface area contributed by atoms with Crippen LogP contribution in [0.25, 0.3) is 0 Å². The topological polar surface area (TPSA) is 12.4 Å². The van der Waals surface area contributed by atoms with E-state index in [9.17, 15) is 0 Å². The summed E-state index contributed by atoms with van der Waals surface area (Å²) in [5.74, 6) is 2.13. The van der Waals surface area contributed by atoms with Crippen molar-refractivity contribution in [2.24, 2.45) is 4.90 Å². The second kappa shape index (κ2) is 3.98. The average molecular weight is 74.9 g/mol. The zero-order valence-electron chi connectivity index (χ0n) is 3.18. The van der Waals surface area contributed by atoms with Crippen molar-refractivity contribution in [1.29, 1.82) is 0 Å². The average Bonchev–Trinajstić information content (AvgIpc) is 1.61. The molecular weight excluding hydrogens is 72.9 g/mol. The van der Waals surface area contributed by atoms with E-state index in [0.717, 1.165) is 0 Å². The summed E-state index contributed by atoms with van der Waals surface area (Å²) in [7, 11) is 1.22. The molecule has 0 aromatic carbocycles. The second-order valence-corrected chi connectivity index (χ2v) is 0.554. The van der Waals surface area contributed by atoms with Crippen LogP contribution in [0.3, 0.4) is 0 Å². The number of rotatable bonds is 0.